The Labute approximate surface area is 132 Å². The molecule has 1 saturated heterocycles. The minimum atomic E-state index is 0.0779. The highest BCUT2D eigenvalue weighted by Gasteiger charge is 2.43. The van der Waals surface area contributed by atoms with Gasteiger partial charge in [-0.25, -0.2) is 0 Å². The van der Waals surface area contributed by atoms with E-state index in [-0.39, 0.29) is 5.66 Å². The number of piperidine rings is 1. The van der Waals surface area contributed by atoms with Crippen LogP contribution in [0.15, 0.2) is 18.2 Å². The Hall–Kier alpha value is -0.770. The third kappa shape index (κ3) is 3.05. The van der Waals surface area contributed by atoms with Gasteiger partial charge in [0.05, 0.1) is 12.8 Å². The van der Waals surface area contributed by atoms with Crippen LogP contribution in [-0.4, -0.2) is 19.3 Å². The summed E-state index contributed by atoms with van der Waals surface area (Å²) in [5.41, 5.74) is 1.20. The fourth-order valence-electron chi connectivity index (χ4n) is 3.93. The Morgan fingerprint density at radius 1 is 1.38 bits per heavy atom. The molecule has 1 aliphatic carbocycles. The highest BCUT2D eigenvalue weighted by Crippen LogP contribution is 2.40. The SMILES string of the molecule is COc1ccc(Cl)cc1CNC12CC(CCN1)CCC2C. The van der Waals surface area contributed by atoms with E-state index >= 15 is 0 Å². The molecule has 2 fully saturated rings. The van der Waals surface area contributed by atoms with Gasteiger partial charge in [0.1, 0.15) is 5.75 Å². The largest absolute Gasteiger partial charge is 0.496 e. The number of methoxy groups -OCH3 is 1. The highest BCUT2D eigenvalue weighted by atomic mass is 35.5. The van der Waals surface area contributed by atoms with Crippen LogP contribution in [0.1, 0.15) is 38.2 Å². The molecule has 1 aromatic carbocycles. The molecule has 1 saturated carbocycles. The second-order valence-corrected chi connectivity index (χ2v) is 6.98. The number of ether oxygens (including phenoxy) is 1. The van der Waals surface area contributed by atoms with Crippen LogP contribution < -0.4 is 15.4 Å². The van der Waals surface area contributed by atoms with Crippen LogP contribution in [0, 0.1) is 11.8 Å². The Balaban J connectivity index is 1.75. The highest BCUT2D eigenvalue weighted by molar-refractivity contribution is 6.30. The van der Waals surface area contributed by atoms with E-state index in [9.17, 15) is 0 Å². The van der Waals surface area contributed by atoms with Gasteiger partial charge in [-0.3, -0.25) is 10.6 Å². The van der Waals surface area contributed by atoms with Gasteiger partial charge in [-0.05, 0) is 62.3 Å². The molecule has 2 bridgehead atoms. The standard InChI is InChI=1S/C17H25ClN2O/c1-12-3-4-13-7-8-19-17(12,10-13)20-11-14-9-15(18)5-6-16(14)21-2/h5-6,9,12-13,19-20H,3-4,7-8,10-11H2,1-2H3. The summed E-state index contributed by atoms with van der Waals surface area (Å²) >= 11 is 6.13. The van der Waals surface area contributed by atoms with Gasteiger partial charge in [-0.2, -0.15) is 0 Å². The zero-order valence-corrected chi connectivity index (χ0v) is 13.7. The molecule has 4 heteroatoms. The van der Waals surface area contributed by atoms with Crippen LogP contribution in [-0.2, 0) is 6.54 Å². The Kier molecular flexibility index (Phi) is 4.43. The summed E-state index contributed by atoms with van der Waals surface area (Å²) in [6.45, 7) is 4.26. The molecule has 3 unspecified atom stereocenters. The number of hydrogen-bond acceptors (Lipinski definition) is 3. The van der Waals surface area contributed by atoms with Crippen LogP contribution in [0.5, 0.6) is 5.75 Å². The first-order valence-electron chi connectivity index (χ1n) is 7.95. The maximum Gasteiger partial charge on any atom is 0.123 e. The summed E-state index contributed by atoms with van der Waals surface area (Å²) in [5.74, 6) is 2.43. The van der Waals surface area contributed by atoms with Crippen molar-refractivity contribution in [3.8, 4) is 5.75 Å². The van der Waals surface area contributed by atoms with Crippen LogP contribution in [0.25, 0.3) is 0 Å². The average molecular weight is 309 g/mol. The minimum Gasteiger partial charge on any atom is -0.496 e. The predicted octanol–water partition coefficient (Wildman–Crippen LogP) is 3.56. The molecule has 1 aliphatic heterocycles. The number of nitrogens with one attached hydrogen (secondary N) is 2. The van der Waals surface area contributed by atoms with Gasteiger partial charge < -0.3 is 4.74 Å². The summed E-state index contributed by atoms with van der Waals surface area (Å²) in [6, 6.07) is 5.82. The van der Waals surface area contributed by atoms with E-state index in [0.29, 0.717) is 5.92 Å². The molecule has 2 N–H and O–H groups in total. The Bertz CT molecular complexity index is 508. The molecule has 0 aromatic heterocycles. The normalized spacial score (nSPS) is 32.0. The number of rotatable bonds is 4. The molecular weight excluding hydrogens is 284 g/mol. The molecule has 0 amide bonds. The lowest BCUT2D eigenvalue weighted by atomic mass is 9.71. The van der Waals surface area contributed by atoms with Gasteiger partial charge in [0, 0.05) is 17.1 Å². The second-order valence-electron chi connectivity index (χ2n) is 6.55. The molecule has 1 aromatic rings. The van der Waals surface area contributed by atoms with Crippen molar-refractivity contribution in [3.05, 3.63) is 28.8 Å². The van der Waals surface area contributed by atoms with Gasteiger partial charge in [-0.15, -0.1) is 0 Å². The van der Waals surface area contributed by atoms with Crippen LogP contribution in [0.2, 0.25) is 5.02 Å². The molecule has 2 aliphatic rings. The van der Waals surface area contributed by atoms with Crippen molar-refractivity contribution in [2.24, 2.45) is 11.8 Å². The van der Waals surface area contributed by atoms with Gasteiger partial charge in [0.2, 0.25) is 0 Å². The molecule has 0 spiro atoms. The Morgan fingerprint density at radius 2 is 2.24 bits per heavy atom. The fourth-order valence-corrected chi connectivity index (χ4v) is 4.12. The lowest BCUT2D eigenvalue weighted by molar-refractivity contribution is 0.0434. The van der Waals surface area contributed by atoms with Crippen LogP contribution in [0.4, 0.5) is 0 Å². The first-order valence-corrected chi connectivity index (χ1v) is 8.33. The van der Waals surface area contributed by atoms with E-state index in [1.807, 2.05) is 18.2 Å². The van der Waals surface area contributed by atoms with Crippen molar-refractivity contribution in [2.75, 3.05) is 13.7 Å². The van der Waals surface area contributed by atoms with E-state index < -0.39 is 0 Å². The van der Waals surface area contributed by atoms with Gasteiger partial charge >= 0.3 is 0 Å². The average Bonchev–Trinajstić information content (AvgIpc) is 2.50. The van der Waals surface area contributed by atoms with Gasteiger partial charge in [0.15, 0.2) is 0 Å². The predicted molar refractivity (Wildman–Crippen MR) is 86.7 cm³/mol. The molecule has 3 rings (SSSR count). The second kappa shape index (κ2) is 6.15. The van der Waals surface area contributed by atoms with Crippen molar-refractivity contribution in [2.45, 2.75) is 44.8 Å². The summed E-state index contributed by atoms with van der Waals surface area (Å²) in [7, 11) is 1.71. The summed E-state index contributed by atoms with van der Waals surface area (Å²) in [4.78, 5) is 0. The van der Waals surface area contributed by atoms with Crippen LogP contribution in [0.3, 0.4) is 0 Å². The van der Waals surface area contributed by atoms with E-state index in [0.717, 1.165) is 35.3 Å². The smallest absolute Gasteiger partial charge is 0.123 e. The minimum absolute atomic E-state index is 0.0779. The van der Waals surface area contributed by atoms with E-state index in [1.54, 1.807) is 7.11 Å². The van der Waals surface area contributed by atoms with Crippen LogP contribution >= 0.6 is 11.6 Å². The third-order valence-corrected chi connectivity index (χ3v) is 5.52. The zero-order chi connectivity index (χ0) is 14.9. The quantitative estimate of drug-likeness (QED) is 0.892. The number of halogens is 1. The lowest BCUT2D eigenvalue weighted by Crippen LogP contribution is -2.65. The lowest BCUT2D eigenvalue weighted by Gasteiger charge is -2.51. The van der Waals surface area contributed by atoms with Crippen molar-refractivity contribution in [3.63, 3.8) is 0 Å². The molecule has 1 heterocycles. The molecule has 3 atom stereocenters. The number of fused-ring (bicyclic) bond motifs is 2. The van der Waals surface area contributed by atoms with Crippen molar-refractivity contribution >= 4 is 11.6 Å². The molecule has 116 valence electrons. The first-order chi connectivity index (χ1) is 10.1. The van der Waals surface area contributed by atoms with Crippen molar-refractivity contribution < 1.29 is 4.74 Å². The molecule has 0 radical (unpaired) electrons. The number of benzene rings is 1. The fraction of sp³-hybridized carbons (Fsp3) is 0.647. The third-order valence-electron chi connectivity index (χ3n) is 5.29. The van der Waals surface area contributed by atoms with Crippen molar-refractivity contribution in [1.82, 2.24) is 10.6 Å². The first kappa shape index (κ1) is 15.1. The summed E-state index contributed by atoms with van der Waals surface area (Å²) < 4.78 is 5.45. The summed E-state index contributed by atoms with van der Waals surface area (Å²) in [5, 5.41) is 8.30. The van der Waals surface area contributed by atoms with Crippen molar-refractivity contribution in [1.29, 1.82) is 0 Å². The maximum absolute atomic E-state index is 6.13. The topological polar surface area (TPSA) is 33.3 Å². The molecular formula is C17H25ClN2O. The van der Waals surface area contributed by atoms with E-state index in [4.69, 9.17) is 16.3 Å². The zero-order valence-electron chi connectivity index (χ0n) is 12.9. The monoisotopic (exact) mass is 308 g/mol. The maximum atomic E-state index is 6.13. The van der Waals surface area contributed by atoms with Gasteiger partial charge in [-0.1, -0.05) is 18.5 Å². The van der Waals surface area contributed by atoms with E-state index in [2.05, 4.69) is 17.6 Å². The van der Waals surface area contributed by atoms with E-state index in [1.165, 1.54) is 25.7 Å². The molecule has 3 nitrogen and oxygen atoms in total. The summed E-state index contributed by atoms with van der Waals surface area (Å²) in [6.07, 6.45) is 5.23. The number of hydrogen-bond donors (Lipinski definition) is 2. The van der Waals surface area contributed by atoms with Gasteiger partial charge in [0.25, 0.3) is 0 Å². The molecule has 21 heavy (non-hydrogen) atoms. The Morgan fingerprint density at radius 3 is 3.05 bits per heavy atom.